The van der Waals surface area contributed by atoms with E-state index in [-0.39, 0.29) is 12.4 Å². The lowest BCUT2D eigenvalue weighted by atomic mass is 9.94. The molecule has 0 spiro atoms. The van der Waals surface area contributed by atoms with Gasteiger partial charge < -0.3 is 10.6 Å². The van der Waals surface area contributed by atoms with Crippen molar-refractivity contribution in [1.29, 1.82) is 0 Å². The quantitative estimate of drug-likeness (QED) is 0.687. The van der Waals surface area contributed by atoms with Gasteiger partial charge in [-0.3, -0.25) is 0 Å². The van der Waals surface area contributed by atoms with Gasteiger partial charge in [-0.15, -0.1) is 12.4 Å². The average molecular weight is 179 g/mol. The fourth-order valence-electron chi connectivity index (χ4n) is 1.59. The summed E-state index contributed by atoms with van der Waals surface area (Å²) in [6, 6.07) is 0. The molecule has 1 aliphatic heterocycles. The summed E-state index contributed by atoms with van der Waals surface area (Å²) in [6.07, 6.45) is 3.94. The van der Waals surface area contributed by atoms with Crippen molar-refractivity contribution in [2.75, 3.05) is 26.7 Å². The molecule has 0 amide bonds. The van der Waals surface area contributed by atoms with Crippen LogP contribution in [0.25, 0.3) is 0 Å². The minimum absolute atomic E-state index is 0. The zero-order valence-electron chi connectivity index (χ0n) is 7.25. The van der Waals surface area contributed by atoms with Crippen LogP contribution in [0.1, 0.15) is 19.3 Å². The molecule has 1 rings (SSSR count). The molecule has 0 saturated carbocycles. The Labute approximate surface area is 75.5 Å². The smallest absolute Gasteiger partial charge is 0.00191 e. The van der Waals surface area contributed by atoms with Crippen LogP contribution in [0.5, 0.6) is 0 Å². The molecule has 0 atom stereocenters. The van der Waals surface area contributed by atoms with E-state index in [1.165, 1.54) is 32.4 Å². The Morgan fingerprint density at radius 1 is 1.36 bits per heavy atom. The van der Waals surface area contributed by atoms with E-state index in [0.717, 1.165) is 12.5 Å². The van der Waals surface area contributed by atoms with Crippen molar-refractivity contribution < 1.29 is 0 Å². The second-order valence-corrected chi connectivity index (χ2v) is 3.32. The molecule has 0 aromatic rings. The molecule has 1 fully saturated rings. The first-order valence-electron chi connectivity index (χ1n) is 4.21. The predicted molar refractivity (Wildman–Crippen MR) is 51.1 cm³/mol. The summed E-state index contributed by atoms with van der Waals surface area (Å²) in [5, 5.41) is 0. The van der Waals surface area contributed by atoms with Gasteiger partial charge >= 0.3 is 0 Å². The first-order chi connectivity index (χ1) is 4.83. The molecule has 1 saturated heterocycles. The van der Waals surface area contributed by atoms with Gasteiger partial charge in [0.15, 0.2) is 0 Å². The molecule has 0 aliphatic carbocycles. The van der Waals surface area contributed by atoms with E-state index in [9.17, 15) is 0 Å². The SMILES string of the molecule is CN1CCC(CCN)CC1.Cl. The van der Waals surface area contributed by atoms with E-state index in [1.54, 1.807) is 0 Å². The number of rotatable bonds is 2. The standard InChI is InChI=1S/C8H18N2.ClH/c1-10-6-3-8(2-5-9)4-7-10;/h8H,2-7,9H2,1H3;1H. The van der Waals surface area contributed by atoms with Crippen LogP contribution in [0.15, 0.2) is 0 Å². The van der Waals surface area contributed by atoms with Gasteiger partial charge in [0.2, 0.25) is 0 Å². The summed E-state index contributed by atoms with van der Waals surface area (Å²) >= 11 is 0. The number of nitrogens with two attached hydrogens (primary N) is 1. The van der Waals surface area contributed by atoms with Crippen LogP contribution < -0.4 is 5.73 Å². The van der Waals surface area contributed by atoms with E-state index in [2.05, 4.69) is 11.9 Å². The number of likely N-dealkylation sites (tertiary alicyclic amines) is 1. The molecule has 2 nitrogen and oxygen atoms in total. The van der Waals surface area contributed by atoms with Gasteiger partial charge in [0.05, 0.1) is 0 Å². The zero-order chi connectivity index (χ0) is 7.40. The molecule has 1 aliphatic rings. The maximum atomic E-state index is 5.48. The van der Waals surface area contributed by atoms with Crippen molar-refractivity contribution in [3.8, 4) is 0 Å². The molecule has 0 radical (unpaired) electrons. The Morgan fingerprint density at radius 2 is 1.91 bits per heavy atom. The lowest BCUT2D eigenvalue weighted by molar-refractivity contribution is 0.214. The number of piperidine rings is 1. The predicted octanol–water partition coefficient (Wildman–Crippen LogP) is 1.10. The van der Waals surface area contributed by atoms with E-state index in [1.807, 2.05) is 0 Å². The molecule has 0 bridgehead atoms. The maximum Gasteiger partial charge on any atom is -0.00191 e. The minimum Gasteiger partial charge on any atom is -0.330 e. The summed E-state index contributed by atoms with van der Waals surface area (Å²) in [7, 11) is 2.19. The van der Waals surface area contributed by atoms with Crippen LogP contribution in [0, 0.1) is 5.92 Å². The van der Waals surface area contributed by atoms with Gasteiger partial charge in [-0.25, -0.2) is 0 Å². The van der Waals surface area contributed by atoms with Crippen molar-refractivity contribution in [2.24, 2.45) is 11.7 Å². The summed E-state index contributed by atoms with van der Waals surface area (Å²) in [4.78, 5) is 2.40. The number of hydrogen-bond acceptors (Lipinski definition) is 2. The van der Waals surface area contributed by atoms with Crippen LogP contribution >= 0.6 is 12.4 Å². The highest BCUT2D eigenvalue weighted by atomic mass is 35.5. The highest BCUT2D eigenvalue weighted by molar-refractivity contribution is 5.85. The Bertz CT molecular complexity index is 90.1. The van der Waals surface area contributed by atoms with Crippen LogP contribution in [0.2, 0.25) is 0 Å². The van der Waals surface area contributed by atoms with Crippen molar-refractivity contribution in [3.05, 3.63) is 0 Å². The molecule has 0 unspecified atom stereocenters. The topological polar surface area (TPSA) is 29.3 Å². The Kier molecular flexibility index (Phi) is 5.92. The Balaban J connectivity index is 0.000001000. The van der Waals surface area contributed by atoms with Gasteiger partial charge in [-0.2, -0.15) is 0 Å². The highest BCUT2D eigenvalue weighted by Crippen LogP contribution is 2.18. The van der Waals surface area contributed by atoms with Gasteiger partial charge in [-0.05, 0) is 51.9 Å². The second kappa shape index (κ2) is 5.81. The van der Waals surface area contributed by atoms with Crippen LogP contribution in [0.4, 0.5) is 0 Å². The third-order valence-electron chi connectivity index (χ3n) is 2.41. The van der Waals surface area contributed by atoms with E-state index < -0.39 is 0 Å². The Hall–Kier alpha value is 0.210. The fourth-order valence-corrected chi connectivity index (χ4v) is 1.59. The lowest BCUT2D eigenvalue weighted by Gasteiger charge is -2.28. The van der Waals surface area contributed by atoms with Crippen molar-refractivity contribution in [2.45, 2.75) is 19.3 Å². The van der Waals surface area contributed by atoms with E-state index in [4.69, 9.17) is 5.73 Å². The van der Waals surface area contributed by atoms with Crippen molar-refractivity contribution >= 4 is 12.4 Å². The van der Waals surface area contributed by atoms with E-state index >= 15 is 0 Å². The fraction of sp³-hybridized carbons (Fsp3) is 1.00. The van der Waals surface area contributed by atoms with Gasteiger partial charge in [0, 0.05) is 0 Å². The lowest BCUT2D eigenvalue weighted by Crippen LogP contribution is -2.30. The highest BCUT2D eigenvalue weighted by Gasteiger charge is 2.14. The summed E-state index contributed by atoms with van der Waals surface area (Å²) in [6.45, 7) is 3.41. The number of hydrogen-bond donors (Lipinski definition) is 1. The monoisotopic (exact) mass is 178 g/mol. The third-order valence-corrected chi connectivity index (χ3v) is 2.41. The van der Waals surface area contributed by atoms with Gasteiger partial charge in [-0.1, -0.05) is 0 Å². The molecule has 0 aromatic carbocycles. The second-order valence-electron chi connectivity index (χ2n) is 3.32. The number of nitrogens with zero attached hydrogens (tertiary/aromatic N) is 1. The first-order valence-corrected chi connectivity index (χ1v) is 4.21. The van der Waals surface area contributed by atoms with Gasteiger partial charge in [0.1, 0.15) is 0 Å². The molecule has 0 aromatic heterocycles. The van der Waals surface area contributed by atoms with Crippen LogP contribution in [0.3, 0.4) is 0 Å². The summed E-state index contributed by atoms with van der Waals surface area (Å²) in [5.41, 5.74) is 5.48. The molecule has 3 heteroatoms. The Morgan fingerprint density at radius 3 is 2.36 bits per heavy atom. The summed E-state index contributed by atoms with van der Waals surface area (Å²) < 4.78 is 0. The molecule has 2 N–H and O–H groups in total. The molecular weight excluding hydrogens is 160 g/mol. The van der Waals surface area contributed by atoms with Crippen molar-refractivity contribution in [1.82, 2.24) is 4.90 Å². The average Bonchev–Trinajstić information content (AvgIpc) is 1.95. The normalized spacial score (nSPS) is 21.3. The molecule has 68 valence electrons. The largest absolute Gasteiger partial charge is 0.330 e. The zero-order valence-corrected chi connectivity index (χ0v) is 8.07. The first kappa shape index (κ1) is 11.2. The molecule has 1 heterocycles. The van der Waals surface area contributed by atoms with E-state index in [0.29, 0.717) is 0 Å². The van der Waals surface area contributed by atoms with Crippen molar-refractivity contribution in [3.63, 3.8) is 0 Å². The number of halogens is 1. The van der Waals surface area contributed by atoms with Crippen LogP contribution in [-0.4, -0.2) is 31.6 Å². The maximum absolute atomic E-state index is 5.48. The molecule has 11 heavy (non-hydrogen) atoms. The third kappa shape index (κ3) is 3.94. The summed E-state index contributed by atoms with van der Waals surface area (Å²) in [5.74, 6) is 0.918. The minimum atomic E-state index is 0. The van der Waals surface area contributed by atoms with Crippen LogP contribution in [-0.2, 0) is 0 Å². The molecular formula is C8H19ClN2. The van der Waals surface area contributed by atoms with Gasteiger partial charge in [0.25, 0.3) is 0 Å².